The SMILES string of the molecule is CNC(=O)[C@H]1O[C@@H](n2cnc3c(NCc4cccc(I)c4)ncnc32)C(O)[C@H]1O. The maximum atomic E-state index is 11.9. The molecule has 0 aliphatic carbocycles. The van der Waals surface area contributed by atoms with Crippen LogP contribution in [-0.4, -0.2) is 61.0 Å². The van der Waals surface area contributed by atoms with Crippen molar-refractivity contribution in [3.05, 3.63) is 46.1 Å². The van der Waals surface area contributed by atoms with Gasteiger partial charge in [-0.3, -0.25) is 9.36 Å². The summed E-state index contributed by atoms with van der Waals surface area (Å²) in [5.74, 6) is 0.0152. The third-order valence-electron chi connectivity index (χ3n) is 4.73. The summed E-state index contributed by atoms with van der Waals surface area (Å²) in [6.45, 7) is 0.551. The zero-order chi connectivity index (χ0) is 20.5. The molecule has 3 heterocycles. The van der Waals surface area contributed by atoms with Crippen molar-refractivity contribution < 1.29 is 19.7 Å². The minimum Gasteiger partial charge on any atom is -0.387 e. The molecule has 4 N–H and O–H groups in total. The Morgan fingerprint density at radius 3 is 2.86 bits per heavy atom. The lowest BCUT2D eigenvalue weighted by Crippen LogP contribution is -2.41. The van der Waals surface area contributed by atoms with Crippen LogP contribution >= 0.6 is 22.6 Å². The van der Waals surface area contributed by atoms with E-state index in [2.05, 4.69) is 54.2 Å². The molecule has 29 heavy (non-hydrogen) atoms. The Bertz CT molecular complexity index is 1040. The predicted molar refractivity (Wildman–Crippen MR) is 112 cm³/mol. The minimum absolute atomic E-state index is 0.416. The summed E-state index contributed by atoms with van der Waals surface area (Å²) in [6, 6.07) is 8.07. The zero-order valence-corrected chi connectivity index (χ0v) is 17.5. The standard InChI is InChI=1S/C18H19IN6O4/c1-20-17(28)14-12(26)13(27)18(29-14)25-8-24-11-15(22-7-23-16(11)25)21-6-9-3-2-4-10(19)5-9/h2-5,7-8,12-14,18,26-27H,6H2,1H3,(H,20,28)(H,21,22,23)/t12-,13?,14+,18-/m1/s1. The first-order valence-corrected chi connectivity index (χ1v) is 9.96. The third-order valence-corrected chi connectivity index (χ3v) is 5.40. The van der Waals surface area contributed by atoms with Gasteiger partial charge in [0, 0.05) is 17.2 Å². The van der Waals surface area contributed by atoms with Crippen LogP contribution in [0.15, 0.2) is 36.9 Å². The molecule has 1 aliphatic heterocycles. The van der Waals surface area contributed by atoms with Crippen molar-refractivity contribution in [3.8, 4) is 0 Å². The summed E-state index contributed by atoms with van der Waals surface area (Å²) < 4.78 is 8.23. The van der Waals surface area contributed by atoms with Crippen LogP contribution in [0.5, 0.6) is 0 Å². The van der Waals surface area contributed by atoms with Gasteiger partial charge in [-0.05, 0) is 40.3 Å². The molecule has 4 atom stereocenters. The fourth-order valence-corrected chi connectivity index (χ4v) is 3.86. The molecule has 0 saturated carbocycles. The van der Waals surface area contributed by atoms with Gasteiger partial charge in [0.15, 0.2) is 29.3 Å². The number of hydrogen-bond acceptors (Lipinski definition) is 8. The molecule has 10 nitrogen and oxygen atoms in total. The second-order valence-corrected chi connectivity index (χ2v) is 7.82. The monoisotopic (exact) mass is 510 g/mol. The number of amides is 1. The van der Waals surface area contributed by atoms with Gasteiger partial charge in [0.05, 0.1) is 6.33 Å². The number of anilines is 1. The number of fused-ring (bicyclic) bond motifs is 1. The Morgan fingerprint density at radius 1 is 1.28 bits per heavy atom. The molecule has 0 bridgehead atoms. The van der Waals surface area contributed by atoms with E-state index in [-0.39, 0.29) is 0 Å². The molecular formula is C18H19IN6O4. The molecule has 1 unspecified atom stereocenters. The Balaban J connectivity index is 1.60. The number of rotatable bonds is 5. The Morgan fingerprint density at radius 2 is 2.10 bits per heavy atom. The van der Waals surface area contributed by atoms with Crippen LogP contribution in [0.4, 0.5) is 5.82 Å². The van der Waals surface area contributed by atoms with Gasteiger partial charge < -0.3 is 25.6 Å². The smallest absolute Gasteiger partial charge is 0.251 e. The van der Waals surface area contributed by atoms with Gasteiger partial charge in [-0.1, -0.05) is 12.1 Å². The fourth-order valence-electron chi connectivity index (χ4n) is 3.25. The molecule has 3 aromatic rings. The number of aliphatic hydroxyl groups excluding tert-OH is 2. The first-order chi connectivity index (χ1) is 14.0. The van der Waals surface area contributed by atoms with Crippen LogP contribution in [0, 0.1) is 3.57 Å². The van der Waals surface area contributed by atoms with E-state index < -0.39 is 30.4 Å². The van der Waals surface area contributed by atoms with Crippen LogP contribution in [0.25, 0.3) is 11.2 Å². The van der Waals surface area contributed by atoms with E-state index in [1.807, 2.05) is 18.2 Å². The predicted octanol–water partition coefficient (Wildman–Crippen LogP) is 0.408. The van der Waals surface area contributed by atoms with E-state index in [4.69, 9.17) is 4.74 Å². The van der Waals surface area contributed by atoms with Gasteiger partial charge in [-0.25, -0.2) is 15.0 Å². The molecule has 1 saturated heterocycles. The lowest BCUT2D eigenvalue weighted by molar-refractivity contribution is -0.137. The number of halogens is 1. The number of likely N-dealkylation sites (N-methyl/N-ethyl adjacent to an activating group) is 1. The summed E-state index contributed by atoms with van der Waals surface area (Å²) >= 11 is 2.26. The van der Waals surface area contributed by atoms with Gasteiger partial charge in [-0.15, -0.1) is 0 Å². The lowest BCUT2D eigenvalue weighted by atomic mass is 10.1. The first-order valence-electron chi connectivity index (χ1n) is 8.88. The Hall–Kier alpha value is -2.35. The number of carbonyl (C=O) groups excluding carboxylic acids is 1. The summed E-state index contributed by atoms with van der Waals surface area (Å²) in [6.07, 6.45) is -2.04. The average Bonchev–Trinajstić information content (AvgIpc) is 3.28. The number of nitrogens with one attached hydrogen (secondary N) is 2. The van der Waals surface area contributed by atoms with E-state index in [0.29, 0.717) is 23.5 Å². The number of aromatic nitrogens is 4. The van der Waals surface area contributed by atoms with Gasteiger partial charge in [-0.2, -0.15) is 0 Å². The average molecular weight is 510 g/mol. The molecule has 1 fully saturated rings. The van der Waals surface area contributed by atoms with Gasteiger partial charge >= 0.3 is 0 Å². The largest absolute Gasteiger partial charge is 0.387 e. The normalized spacial score (nSPS) is 24.0. The van der Waals surface area contributed by atoms with Crippen molar-refractivity contribution in [1.82, 2.24) is 24.8 Å². The Labute approximate surface area is 179 Å². The summed E-state index contributed by atoms with van der Waals surface area (Å²) in [7, 11) is 1.43. The molecule has 11 heteroatoms. The molecule has 0 spiro atoms. The molecule has 0 radical (unpaired) electrons. The van der Waals surface area contributed by atoms with Crippen molar-refractivity contribution in [2.45, 2.75) is 31.1 Å². The van der Waals surface area contributed by atoms with Crippen molar-refractivity contribution in [2.24, 2.45) is 0 Å². The van der Waals surface area contributed by atoms with Gasteiger partial charge in [0.2, 0.25) is 0 Å². The minimum atomic E-state index is -1.36. The highest BCUT2D eigenvalue weighted by molar-refractivity contribution is 14.1. The molecular weight excluding hydrogens is 491 g/mol. The molecule has 1 amide bonds. The van der Waals surface area contributed by atoms with Crippen LogP contribution < -0.4 is 10.6 Å². The van der Waals surface area contributed by atoms with E-state index in [9.17, 15) is 15.0 Å². The molecule has 1 aromatic carbocycles. The van der Waals surface area contributed by atoms with E-state index in [0.717, 1.165) is 9.13 Å². The van der Waals surface area contributed by atoms with Crippen LogP contribution in [0.1, 0.15) is 11.8 Å². The maximum absolute atomic E-state index is 11.9. The van der Waals surface area contributed by atoms with E-state index in [1.54, 1.807) is 0 Å². The van der Waals surface area contributed by atoms with Crippen molar-refractivity contribution >= 4 is 45.5 Å². The molecule has 2 aromatic heterocycles. The molecule has 1 aliphatic rings. The number of imidazole rings is 1. The van der Waals surface area contributed by atoms with Crippen molar-refractivity contribution in [1.29, 1.82) is 0 Å². The number of hydrogen-bond donors (Lipinski definition) is 4. The number of ether oxygens (including phenoxy) is 1. The molecule has 152 valence electrons. The highest BCUT2D eigenvalue weighted by Gasteiger charge is 2.47. The zero-order valence-electron chi connectivity index (χ0n) is 15.4. The summed E-state index contributed by atoms with van der Waals surface area (Å²) in [5, 5.41) is 26.2. The van der Waals surface area contributed by atoms with E-state index in [1.165, 1.54) is 24.3 Å². The summed E-state index contributed by atoms with van der Waals surface area (Å²) in [4.78, 5) is 24.7. The third kappa shape index (κ3) is 3.77. The Kier molecular flexibility index (Phi) is 5.63. The van der Waals surface area contributed by atoms with Crippen LogP contribution in [-0.2, 0) is 16.1 Å². The molecule has 4 rings (SSSR count). The maximum Gasteiger partial charge on any atom is 0.251 e. The quantitative estimate of drug-likeness (QED) is 0.363. The van der Waals surface area contributed by atoms with Crippen LogP contribution in [0.3, 0.4) is 0 Å². The van der Waals surface area contributed by atoms with Crippen molar-refractivity contribution in [2.75, 3.05) is 12.4 Å². The number of benzene rings is 1. The number of nitrogens with zero attached hydrogens (tertiary/aromatic N) is 4. The number of aliphatic hydroxyl groups is 2. The first kappa shape index (κ1) is 19.9. The lowest BCUT2D eigenvalue weighted by Gasteiger charge is -2.16. The highest BCUT2D eigenvalue weighted by atomic mass is 127. The second-order valence-electron chi connectivity index (χ2n) is 6.57. The van der Waals surface area contributed by atoms with Gasteiger partial charge in [0.1, 0.15) is 18.5 Å². The number of carbonyl (C=O) groups is 1. The van der Waals surface area contributed by atoms with Crippen LogP contribution in [0.2, 0.25) is 0 Å². The van der Waals surface area contributed by atoms with E-state index >= 15 is 0 Å². The van der Waals surface area contributed by atoms with Crippen molar-refractivity contribution in [3.63, 3.8) is 0 Å². The highest BCUT2D eigenvalue weighted by Crippen LogP contribution is 2.32. The topological polar surface area (TPSA) is 134 Å². The second kappa shape index (κ2) is 8.18. The summed E-state index contributed by atoms with van der Waals surface area (Å²) in [5.41, 5.74) is 2.00. The van der Waals surface area contributed by atoms with Gasteiger partial charge in [0.25, 0.3) is 5.91 Å². The fraction of sp³-hybridized carbons (Fsp3) is 0.333.